The van der Waals surface area contributed by atoms with E-state index >= 15 is 0 Å². The van der Waals surface area contributed by atoms with Crippen molar-refractivity contribution in [2.45, 2.75) is 38.6 Å². The first-order valence-corrected chi connectivity index (χ1v) is 10.7. The van der Waals surface area contributed by atoms with Crippen LogP contribution in [0.4, 0.5) is 0 Å². The molecule has 0 unspecified atom stereocenters. The van der Waals surface area contributed by atoms with Gasteiger partial charge in [-0.2, -0.15) is 0 Å². The molecular formula is C22H32N4O4. The molecule has 2 heterocycles. The number of nitrogens with one attached hydrogen (secondary N) is 3. The number of aromatic amines is 1. The van der Waals surface area contributed by atoms with Crippen molar-refractivity contribution in [3.05, 3.63) is 30.0 Å². The van der Waals surface area contributed by atoms with Gasteiger partial charge in [-0.25, -0.2) is 4.79 Å². The summed E-state index contributed by atoms with van der Waals surface area (Å²) in [6, 6.07) is 4.85. The summed E-state index contributed by atoms with van der Waals surface area (Å²) in [7, 11) is 0. The first kappa shape index (κ1) is 22.1. The van der Waals surface area contributed by atoms with Crippen LogP contribution in [0.25, 0.3) is 10.9 Å². The Bertz CT molecular complexity index is 845. The molecule has 8 heteroatoms. The number of benzene rings is 1. The highest BCUT2D eigenvalue weighted by atomic mass is 16.5. The molecule has 8 nitrogen and oxygen atoms in total. The molecule has 1 saturated heterocycles. The van der Waals surface area contributed by atoms with Crippen LogP contribution in [0.2, 0.25) is 0 Å². The van der Waals surface area contributed by atoms with Gasteiger partial charge >= 0.3 is 5.97 Å². The molecule has 1 atom stereocenters. The van der Waals surface area contributed by atoms with Gasteiger partial charge in [0.25, 0.3) is 0 Å². The lowest BCUT2D eigenvalue weighted by Gasteiger charge is -2.26. The number of aliphatic carboxylic acids is 1. The lowest BCUT2D eigenvalue weighted by Crippen LogP contribution is -2.43. The summed E-state index contributed by atoms with van der Waals surface area (Å²) in [5, 5.41) is 16.4. The molecule has 1 fully saturated rings. The summed E-state index contributed by atoms with van der Waals surface area (Å²) >= 11 is 0. The average molecular weight is 417 g/mol. The van der Waals surface area contributed by atoms with Crippen molar-refractivity contribution in [1.82, 2.24) is 20.5 Å². The van der Waals surface area contributed by atoms with Crippen LogP contribution in [0.15, 0.2) is 24.4 Å². The van der Waals surface area contributed by atoms with E-state index in [4.69, 9.17) is 4.74 Å². The monoisotopic (exact) mass is 416 g/mol. The maximum absolute atomic E-state index is 11.9. The molecule has 2 aromatic rings. The molecule has 0 spiro atoms. The SMILES string of the molecule is CCCC(=O)N[C@@H](Cc1c[nH]c2ccc(OCCCN3CCNCC3)cc12)C(=O)O. The fourth-order valence-corrected chi connectivity index (χ4v) is 3.74. The van der Waals surface area contributed by atoms with Gasteiger partial charge in [-0.1, -0.05) is 6.92 Å². The molecule has 30 heavy (non-hydrogen) atoms. The number of hydrogen-bond donors (Lipinski definition) is 4. The normalized spacial score (nSPS) is 15.8. The van der Waals surface area contributed by atoms with Crippen LogP contribution < -0.4 is 15.4 Å². The number of piperazine rings is 1. The number of ether oxygens (including phenoxy) is 1. The fraction of sp³-hybridized carbons (Fsp3) is 0.545. The quantitative estimate of drug-likeness (QED) is 0.416. The molecular weight excluding hydrogens is 384 g/mol. The Morgan fingerprint density at radius 2 is 2.10 bits per heavy atom. The van der Waals surface area contributed by atoms with E-state index in [0.29, 0.717) is 19.4 Å². The molecule has 4 N–H and O–H groups in total. The van der Waals surface area contributed by atoms with E-state index in [0.717, 1.165) is 61.4 Å². The Morgan fingerprint density at radius 1 is 1.30 bits per heavy atom. The Morgan fingerprint density at radius 3 is 2.83 bits per heavy atom. The van der Waals surface area contributed by atoms with Gasteiger partial charge in [0.05, 0.1) is 6.61 Å². The van der Waals surface area contributed by atoms with Crippen molar-refractivity contribution in [2.24, 2.45) is 0 Å². The Hall–Kier alpha value is -2.58. The summed E-state index contributed by atoms with van der Waals surface area (Å²) in [6.07, 6.45) is 3.99. The summed E-state index contributed by atoms with van der Waals surface area (Å²) < 4.78 is 5.94. The van der Waals surface area contributed by atoms with Crippen molar-refractivity contribution in [3.8, 4) is 5.75 Å². The van der Waals surface area contributed by atoms with E-state index in [9.17, 15) is 14.7 Å². The summed E-state index contributed by atoms with van der Waals surface area (Å²) in [4.78, 5) is 29.1. The van der Waals surface area contributed by atoms with Crippen LogP contribution in [-0.4, -0.2) is 72.2 Å². The molecule has 1 aliphatic heterocycles. The molecule has 1 aliphatic rings. The van der Waals surface area contributed by atoms with Crippen LogP contribution in [0, 0.1) is 0 Å². The number of carbonyl (C=O) groups excluding carboxylic acids is 1. The number of H-pyrrole nitrogens is 1. The molecule has 1 aromatic heterocycles. The predicted molar refractivity (Wildman–Crippen MR) is 116 cm³/mol. The van der Waals surface area contributed by atoms with Gasteiger partial charge in [0.1, 0.15) is 11.8 Å². The van der Waals surface area contributed by atoms with Crippen molar-refractivity contribution in [3.63, 3.8) is 0 Å². The van der Waals surface area contributed by atoms with Crippen LogP contribution in [0.5, 0.6) is 5.75 Å². The summed E-state index contributed by atoms with van der Waals surface area (Å²) in [5.74, 6) is -0.502. The zero-order valence-corrected chi connectivity index (χ0v) is 17.6. The second kappa shape index (κ2) is 11.0. The third-order valence-corrected chi connectivity index (χ3v) is 5.37. The van der Waals surface area contributed by atoms with Gasteiger partial charge in [-0.3, -0.25) is 4.79 Å². The number of rotatable bonds is 11. The zero-order chi connectivity index (χ0) is 21.3. The minimum atomic E-state index is -1.03. The Balaban J connectivity index is 1.59. The highest BCUT2D eigenvalue weighted by molar-refractivity contribution is 5.87. The van der Waals surface area contributed by atoms with E-state index in [1.54, 1.807) is 6.20 Å². The van der Waals surface area contributed by atoms with Gasteiger partial charge in [-0.05, 0) is 36.6 Å². The molecule has 3 rings (SSSR count). The standard InChI is InChI=1S/C22H32N4O4/c1-2-4-21(27)25-20(22(28)29)13-16-15-24-19-6-5-17(14-18(16)19)30-12-3-9-26-10-7-23-8-11-26/h5-6,14-15,20,23-24H,2-4,7-13H2,1H3,(H,25,27)(H,28,29)/t20-/m0/s1. The number of carboxylic acids is 1. The minimum absolute atomic E-state index is 0.219. The van der Waals surface area contributed by atoms with Crippen molar-refractivity contribution in [2.75, 3.05) is 39.3 Å². The van der Waals surface area contributed by atoms with Crippen LogP contribution in [0.1, 0.15) is 31.7 Å². The van der Waals surface area contributed by atoms with Crippen LogP contribution in [0.3, 0.4) is 0 Å². The zero-order valence-electron chi connectivity index (χ0n) is 17.6. The topological polar surface area (TPSA) is 107 Å². The third-order valence-electron chi connectivity index (χ3n) is 5.37. The van der Waals surface area contributed by atoms with E-state index in [1.165, 1.54) is 0 Å². The van der Waals surface area contributed by atoms with E-state index in [2.05, 4.69) is 20.5 Å². The summed E-state index contributed by atoms with van der Waals surface area (Å²) in [6.45, 7) is 7.81. The van der Waals surface area contributed by atoms with Gasteiger partial charge < -0.3 is 30.4 Å². The number of carbonyl (C=O) groups is 2. The number of nitrogens with zero attached hydrogens (tertiary/aromatic N) is 1. The van der Waals surface area contributed by atoms with E-state index in [1.807, 2.05) is 25.1 Å². The van der Waals surface area contributed by atoms with E-state index < -0.39 is 12.0 Å². The highest BCUT2D eigenvalue weighted by Crippen LogP contribution is 2.25. The second-order valence-electron chi connectivity index (χ2n) is 7.73. The number of amides is 1. The van der Waals surface area contributed by atoms with Gasteiger partial charge in [0, 0.05) is 62.7 Å². The van der Waals surface area contributed by atoms with E-state index in [-0.39, 0.29) is 12.3 Å². The largest absolute Gasteiger partial charge is 0.494 e. The molecule has 0 radical (unpaired) electrons. The third kappa shape index (κ3) is 6.21. The smallest absolute Gasteiger partial charge is 0.326 e. The molecule has 0 saturated carbocycles. The Labute approximate surface area is 177 Å². The molecule has 1 aromatic carbocycles. The molecule has 1 amide bonds. The van der Waals surface area contributed by atoms with Crippen LogP contribution >= 0.6 is 0 Å². The van der Waals surface area contributed by atoms with Crippen molar-refractivity contribution >= 4 is 22.8 Å². The molecule has 0 bridgehead atoms. The average Bonchev–Trinajstić information content (AvgIpc) is 3.14. The minimum Gasteiger partial charge on any atom is -0.494 e. The number of fused-ring (bicyclic) bond motifs is 1. The van der Waals surface area contributed by atoms with Crippen molar-refractivity contribution in [1.29, 1.82) is 0 Å². The predicted octanol–water partition coefficient (Wildman–Crippen LogP) is 1.75. The second-order valence-corrected chi connectivity index (χ2v) is 7.73. The van der Waals surface area contributed by atoms with Gasteiger partial charge in [0.2, 0.25) is 5.91 Å². The number of hydrogen-bond acceptors (Lipinski definition) is 5. The maximum Gasteiger partial charge on any atom is 0.326 e. The molecule has 164 valence electrons. The maximum atomic E-state index is 11.9. The van der Waals surface area contributed by atoms with Gasteiger partial charge in [0.15, 0.2) is 0 Å². The first-order chi connectivity index (χ1) is 14.6. The Kier molecular flexibility index (Phi) is 8.10. The highest BCUT2D eigenvalue weighted by Gasteiger charge is 2.21. The van der Waals surface area contributed by atoms with Crippen molar-refractivity contribution < 1.29 is 19.4 Å². The number of aromatic nitrogens is 1. The molecule has 0 aliphatic carbocycles. The fourth-order valence-electron chi connectivity index (χ4n) is 3.74. The summed E-state index contributed by atoms with van der Waals surface area (Å²) in [5.41, 5.74) is 1.77. The lowest BCUT2D eigenvalue weighted by molar-refractivity contribution is -0.141. The lowest BCUT2D eigenvalue weighted by atomic mass is 10.0. The van der Waals surface area contributed by atoms with Crippen LogP contribution in [-0.2, 0) is 16.0 Å². The number of carboxylic acid groups (broad SMARTS) is 1. The first-order valence-electron chi connectivity index (χ1n) is 10.7. The van der Waals surface area contributed by atoms with Gasteiger partial charge in [-0.15, -0.1) is 0 Å².